The summed E-state index contributed by atoms with van der Waals surface area (Å²) in [7, 11) is 0. The summed E-state index contributed by atoms with van der Waals surface area (Å²) in [5.41, 5.74) is 0.918. The number of nitrogens with zero attached hydrogens (tertiary/aromatic N) is 3. The highest BCUT2D eigenvalue weighted by Crippen LogP contribution is 2.55. The smallest absolute Gasteiger partial charge is 0.278 e. The molecule has 0 unspecified atom stereocenters. The third-order valence-electron chi connectivity index (χ3n) is 4.60. The number of hydrogen-bond acceptors (Lipinski definition) is 4. The fourth-order valence-electron chi connectivity index (χ4n) is 3.20. The number of imidazole rings is 1. The van der Waals surface area contributed by atoms with Crippen LogP contribution in [-0.4, -0.2) is 31.2 Å². The molecule has 6 nitrogen and oxygen atoms in total. The minimum Gasteiger partial charge on any atom is -0.396 e. The minimum atomic E-state index is -0.201. The summed E-state index contributed by atoms with van der Waals surface area (Å²) in [6.07, 6.45) is 4.94. The van der Waals surface area contributed by atoms with Crippen LogP contribution in [-0.2, 0) is 0 Å². The molecule has 2 N–H and O–H groups in total. The van der Waals surface area contributed by atoms with Gasteiger partial charge in [0.2, 0.25) is 0 Å². The molecule has 0 spiro atoms. The van der Waals surface area contributed by atoms with E-state index < -0.39 is 0 Å². The average molecular weight is 262 g/mol. The summed E-state index contributed by atoms with van der Waals surface area (Å²) >= 11 is 0. The molecular weight excluding hydrogens is 244 g/mol. The van der Waals surface area contributed by atoms with Crippen LogP contribution in [0.15, 0.2) is 17.4 Å². The van der Waals surface area contributed by atoms with Gasteiger partial charge in [0, 0.05) is 12.6 Å². The van der Waals surface area contributed by atoms with E-state index in [4.69, 9.17) is 5.11 Å². The van der Waals surface area contributed by atoms with Gasteiger partial charge in [-0.1, -0.05) is 13.8 Å². The Morgan fingerprint density at radius 3 is 3.00 bits per heavy atom. The molecular formula is C13H18N4O2. The number of aromatic amines is 1. The fraction of sp³-hybridized carbons (Fsp3) is 0.615. The highest BCUT2D eigenvalue weighted by Gasteiger charge is 2.48. The Bertz CT molecular complexity index is 658. The van der Waals surface area contributed by atoms with E-state index in [-0.39, 0.29) is 23.6 Å². The average Bonchev–Trinajstić information content (AvgIpc) is 2.79. The van der Waals surface area contributed by atoms with Crippen molar-refractivity contribution in [1.82, 2.24) is 19.5 Å². The van der Waals surface area contributed by atoms with Crippen molar-refractivity contribution in [3.05, 3.63) is 23.0 Å². The van der Waals surface area contributed by atoms with E-state index in [1.807, 2.05) is 4.57 Å². The Balaban J connectivity index is 1.99. The van der Waals surface area contributed by atoms with Crippen LogP contribution in [0.1, 0.15) is 32.7 Å². The predicted molar refractivity (Wildman–Crippen MR) is 70.8 cm³/mol. The summed E-state index contributed by atoms with van der Waals surface area (Å²) in [4.78, 5) is 22.6. The molecule has 2 heterocycles. The van der Waals surface area contributed by atoms with E-state index in [9.17, 15) is 4.79 Å². The number of fused-ring (bicyclic) bond motifs is 1. The molecule has 1 saturated carbocycles. The maximum atomic E-state index is 11.6. The van der Waals surface area contributed by atoms with Crippen molar-refractivity contribution < 1.29 is 5.11 Å². The first-order valence-corrected chi connectivity index (χ1v) is 6.56. The Labute approximate surface area is 110 Å². The Morgan fingerprint density at radius 2 is 2.32 bits per heavy atom. The monoisotopic (exact) mass is 262 g/mol. The van der Waals surface area contributed by atoms with Crippen LogP contribution < -0.4 is 5.56 Å². The van der Waals surface area contributed by atoms with E-state index >= 15 is 0 Å². The molecule has 6 heteroatoms. The molecule has 2 atom stereocenters. The standard InChI is InChI=1S/C13H18N4O2/c1-13(2)8(3-4-18)5-9(13)17-7-16-10-11(17)14-6-15-12(10)19/h6-9,18H,3-5H2,1-2H3,(H,14,15,19)/t8-,9+/m0/s1. The van der Waals surface area contributed by atoms with Gasteiger partial charge >= 0.3 is 0 Å². The number of aliphatic hydroxyl groups is 1. The molecule has 3 rings (SSSR count). The van der Waals surface area contributed by atoms with Gasteiger partial charge in [-0.3, -0.25) is 4.79 Å². The van der Waals surface area contributed by atoms with Crippen LogP contribution in [0.5, 0.6) is 0 Å². The van der Waals surface area contributed by atoms with Crippen LogP contribution in [0.3, 0.4) is 0 Å². The molecule has 0 amide bonds. The van der Waals surface area contributed by atoms with Crippen LogP contribution in [0, 0.1) is 11.3 Å². The summed E-state index contributed by atoms with van der Waals surface area (Å²) < 4.78 is 2.00. The summed E-state index contributed by atoms with van der Waals surface area (Å²) in [6.45, 7) is 4.62. The van der Waals surface area contributed by atoms with Gasteiger partial charge in [0.25, 0.3) is 5.56 Å². The number of rotatable bonds is 3. The van der Waals surface area contributed by atoms with Gasteiger partial charge in [-0.2, -0.15) is 0 Å². The molecule has 0 aliphatic heterocycles. The van der Waals surface area contributed by atoms with E-state index in [0.717, 1.165) is 12.8 Å². The maximum Gasteiger partial charge on any atom is 0.278 e. The second-order valence-electron chi connectivity index (χ2n) is 5.84. The third kappa shape index (κ3) is 1.70. The minimum absolute atomic E-state index is 0.0840. The second kappa shape index (κ2) is 4.16. The van der Waals surface area contributed by atoms with Crippen LogP contribution >= 0.6 is 0 Å². The molecule has 102 valence electrons. The van der Waals surface area contributed by atoms with E-state index in [1.54, 1.807) is 6.33 Å². The SMILES string of the molecule is CC1(C)[C@@H](CCO)C[C@H]1n1cnc2c(=O)[nH]cnc21. The molecule has 1 fully saturated rings. The van der Waals surface area contributed by atoms with Crippen LogP contribution in [0.4, 0.5) is 0 Å². The lowest BCUT2D eigenvalue weighted by molar-refractivity contribution is -0.0216. The van der Waals surface area contributed by atoms with Crippen molar-refractivity contribution in [2.24, 2.45) is 11.3 Å². The van der Waals surface area contributed by atoms with Gasteiger partial charge in [0.15, 0.2) is 11.2 Å². The summed E-state index contributed by atoms with van der Waals surface area (Å²) in [5, 5.41) is 9.08. The van der Waals surface area contributed by atoms with Crippen molar-refractivity contribution in [2.75, 3.05) is 6.61 Å². The van der Waals surface area contributed by atoms with Crippen LogP contribution in [0.2, 0.25) is 0 Å². The predicted octanol–water partition coefficient (Wildman–Crippen LogP) is 1.09. The first kappa shape index (κ1) is 12.3. The Hall–Kier alpha value is -1.69. The van der Waals surface area contributed by atoms with Crippen LogP contribution in [0.25, 0.3) is 11.2 Å². The number of hydrogen-bond donors (Lipinski definition) is 2. The topological polar surface area (TPSA) is 83.8 Å². The lowest BCUT2D eigenvalue weighted by Crippen LogP contribution is -2.46. The number of aliphatic hydroxyl groups excluding tert-OH is 1. The first-order valence-electron chi connectivity index (χ1n) is 6.56. The maximum absolute atomic E-state index is 11.6. The first-order chi connectivity index (χ1) is 9.05. The molecule has 0 radical (unpaired) electrons. The zero-order valence-electron chi connectivity index (χ0n) is 11.1. The Kier molecular flexibility index (Phi) is 2.70. The quantitative estimate of drug-likeness (QED) is 0.867. The van der Waals surface area contributed by atoms with Crippen molar-refractivity contribution >= 4 is 11.2 Å². The van der Waals surface area contributed by atoms with Gasteiger partial charge < -0.3 is 14.7 Å². The van der Waals surface area contributed by atoms with Gasteiger partial charge in [0.1, 0.15) is 0 Å². The lowest BCUT2D eigenvalue weighted by Gasteiger charge is -2.52. The number of aromatic nitrogens is 4. The van der Waals surface area contributed by atoms with E-state index in [1.165, 1.54) is 6.33 Å². The summed E-state index contributed by atoms with van der Waals surface area (Å²) in [6, 6.07) is 0.281. The van der Waals surface area contributed by atoms with Crippen molar-refractivity contribution in [3.8, 4) is 0 Å². The van der Waals surface area contributed by atoms with Gasteiger partial charge in [-0.15, -0.1) is 0 Å². The second-order valence-corrected chi connectivity index (χ2v) is 5.84. The fourth-order valence-corrected chi connectivity index (χ4v) is 3.20. The molecule has 2 aromatic heterocycles. The lowest BCUT2D eigenvalue weighted by atomic mass is 9.57. The molecule has 19 heavy (non-hydrogen) atoms. The summed E-state index contributed by atoms with van der Waals surface area (Å²) in [5.74, 6) is 0.502. The molecule has 1 aliphatic rings. The third-order valence-corrected chi connectivity index (χ3v) is 4.60. The van der Waals surface area contributed by atoms with Crippen molar-refractivity contribution in [2.45, 2.75) is 32.7 Å². The Morgan fingerprint density at radius 1 is 1.53 bits per heavy atom. The normalized spacial score (nSPS) is 25.4. The van der Waals surface area contributed by atoms with Crippen molar-refractivity contribution in [1.29, 1.82) is 0 Å². The number of nitrogens with one attached hydrogen (secondary N) is 1. The molecule has 0 bridgehead atoms. The van der Waals surface area contributed by atoms with Gasteiger partial charge in [-0.05, 0) is 24.2 Å². The van der Waals surface area contributed by atoms with Crippen molar-refractivity contribution in [3.63, 3.8) is 0 Å². The zero-order valence-corrected chi connectivity index (χ0v) is 11.1. The van der Waals surface area contributed by atoms with E-state index in [2.05, 4.69) is 28.8 Å². The highest BCUT2D eigenvalue weighted by molar-refractivity contribution is 5.69. The zero-order chi connectivity index (χ0) is 13.6. The molecule has 0 saturated heterocycles. The largest absolute Gasteiger partial charge is 0.396 e. The molecule has 0 aromatic carbocycles. The molecule has 1 aliphatic carbocycles. The number of H-pyrrole nitrogens is 1. The van der Waals surface area contributed by atoms with Gasteiger partial charge in [-0.25, -0.2) is 9.97 Å². The molecule has 2 aromatic rings. The van der Waals surface area contributed by atoms with Gasteiger partial charge in [0.05, 0.1) is 12.7 Å². The highest BCUT2D eigenvalue weighted by atomic mass is 16.3. The van der Waals surface area contributed by atoms with E-state index in [0.29, 0.717) is 17.1 Å².